The predicted octanol–water partition coefficient (Wildman–Crippen LogP) is 1.66. The Hall–Kier alpha value is -0.150. The fourth-order valence-corrected chi connectivity index (χ4v) is 1.71. The Kier molecular flexibility index (Phi) is 2.03. The molecule has 0 spiro atoms. The zero-order chi connectivity index (χ0) is 6.85. The number of halogens is 1. The molecule has 2 nitrogen and oxygen atoms in total. The van der Waals surface area contributed by atoms with Gasteiger partial charge in [0.25, 0.3) is 0 Å². The van der Waals surface area contributed by atoms with Crippen molar-refractivity contribution in [1.29, 1.82) is 0 Å². The summed E-state index contributed by atoms with van der Waals surface area (Å²) in [6.45, 7) is 0. The lowest BCUT2D eigenvalue weighted by molar-refractivity contribution is -0.131. The summed E-state index contributed by atoms with van der Waals surface area (Å²) in [4.78, 5) is 10.6. The summed E-state index contributed by atoms with van der Waals surface area (Å²) in [5.41, 5.74) is 0. The lowest BCUT2D eigenvalue weighted by atomic mass is 10.4. The van der Waals surface area contributed by atoms with Crippen molar-refractivity contribution in [3.05, 3.63) is 11.0 Å². The largest absolute Gasteiger partial charge is 0.477 e. The van der Waals surface area contributed by atoms with E-state index in [4.69, 9.17) is 16.7 Å². The third kappa shape index (κ3) is 1.63. The summed E-state index contributed by atoms with van der Waals surface area (Å²) in [5, 5.41) is 8.38. The Labute approximate surface area is 61.9 Å². The first-order chi connectivity index (χ1) is 4.20. The number of rotatable bonds is 1. The van der Waals surface area contributed by atoms with E-state index in [1.54, 1.807) is 6.08 Å². The summed E-state index contributed by atoms with van der Waals surface area (Å²) in [6, 6.07) is 0. The van der Waals surface area contributed by atoms with Gasteiger partial charge in [0.1, 0.15) is 0 Å². The van der Waals surface area contributed by atoms with Gasteiger partial charge in [-0.3, -0.25) is 0 Å². The summed E-state index contributed by atoms with van der Waals surface area (Å²) >= 11 is 6.80. The van der Waals surface area contributed by atoms with Crippen LogP contribution in [0.3, 0.4) is 0 Å². The van der Waals surface area contributed by atoms with E-state index in [9.17, 15) is 4.79 Å². The van der Waals surface area contributed by atoms with Crippen molar-refractivity contribution in [1.82, 2.24) is 0 Å². The molecule has 0 aromatic heterocycles. The minimum atomic E-state index is -0.872. The van der Waals surface area contributed by atoms with E-state index in [0.717, 1.165) is 0 Å². The van der Waals surface area contributed by atoms with E-state index in [0.29, 0.717) is 11.3 Å². The van der Waals surface area contributed by atoms with E-state index in [1.165, 1.54) is 11.8 Å². The maximum absolute atomic E-state index is 10.2. The summed E-state index contributed by atoms with van der Waals surface area (Å²) in [6.07, 6.45) is 2.30. The van der Waals surface area contributed by atoms with Crippen LogP contribution in [0.2, 0.25) is 0 Å². The highest BCUT2D eigenvalue weighted by Crippen LogP contribution is 2.34. The first kappa shape index (κ1) is 6.96. The van der Waals surface area contributed by atoms with Crippen molar-refractivity contribution >= 4 is 29.3 Å². The second kappa shape index (κ2) is 2.62. The van der Waals surface area contributed by atoms with Crippen LogP contribution in [0.15, 0.2) is 11.0 Å². The number of alkyl halides is 1. The number of hydrogen-bond donors (Lipinski definition) is 1. The van der Waals surface area contributed by atoms with Crippen molar-refractivity contribution in [2.24, 2.45) is 0 Å². The fraction of sp³-hybridized carbons (Fsp3) is 0.400. The Morgan fingerprint density at radius 2 is 2.67 bits per heavy atom. The van der Waals surface area contributed by atoms with Crippen LogP contribution in [0.25, 0.3) is 0 Å². The zero-order valence-corrected chi connectivity index (χ0v) is 6.08. The highest BCUT2D eigenvalue weighted by Gasteiger charge is 2.19. The van der Waals surface area contributed by atoms with Gasteiger partial charge >= 0.3 is 5.97 Å². The molecular formula is C5H5ClO2S. The molecule has 0 radical (unpaired) electrons. The minimum Gasteiger partial charge on any atom is -0.477 e. The van der Waals surface area contributed by atoms with Crippen LogP contribution < -0.4 is 0 Å². The van der Waals surface area contributed by atoms with Crippen LogP contribution in [0, 0.1) is 0 Å². The molecule has 4 heteroatoms. The second-order valence-corrected chi connectivity index (χ2v) is 3.67. The maximum Gasteiger partial charge on any atom is 0.341 e. The van der Waals surface area contributed by atoms with Gasteiger partial charge in [0, 0.05) is 0 Å². The molecule has 1 atom stereocenters. The smallest absolute Gasteiger partial charge is 0.341 e. The summed E-state index contributed by atoms with van der Waals surface area (Å²) in [7, 11) is 0. The van der Waals surface area contributed by atoms with Crippen molar-refractivity contribution in [2.45, 2.75) is 11.1 Å². The molecule has 9 heavy (non-hydrogen) atoms. The van der Waals surface area contributed by atoms with Gasteiger partial charge < -0.3 is 5.11 Å². The molecule has 0 aromatic carbocycles. The SMILES string of the molecule is O=C(O)C1=CCC(Cl)S1. The van der Waals surface area contributed by atoms with Gasteiger partial charge in [0.15, 0.2) is 0 Å². The van der Waals surface area contributed by atoms with Gasteiger partial charge in [-0.1, -0.05) is 17.8 Å². The predicted molar refractivity (Wildman–Crippen MR) is 37.6 cm³/mol. The lowest BCUT2D eigenvalue weighted by Gasteiger charge is -1.94. The topological polar surface area (TPSA) is 37.3 Å². The van der Waals surface area contributed by atoms with Crippen LogP contribution in [0.5, 0.6) is 0 Å². The quantitative estimate of drug-likeness (QED) is 0.599. The van der Waals surface area contributed by atoms with Gasteiger partial charge in [-0.2, -0.15) is 0 Å². The Balaban J connectivity index is 2.55. The summed E-state index contributed by atoms with van der Waals surface area (Å²) in [5.74, 6) is -0.872. The molecule has 0 aromatic rings. The van der Waals surface area contributed by atoms with Gasteiger partial charge in [-0.15, -0.1) is 11.6 Å². The maximum atomic E-state index is 10.2. The number of hydrogen-bond acceptors (Lipinski definition) is 2. The monoisotopic (exact) mass is 164 g/mol. The number of allylic oxidation sites excluding steroid dienone is 1. The molecule has 0 fully saturated rings. The molecule has 1 aliphatic rings. The van der Waals surface area contributed by atoms with Crippen LogP contribution >= 0.6 is 23.4 Å². The molecule has 1 heterocycles. The standard InChI is InChI=1S/C5H5ClO2S/c6-4-2-1-3(9-4)5(7)8/h1,4H,2H2,(H,7,8). The highest BCUT2D eigenvalue weighted by atomic mass is 35.5. The van der Waals surface area contributed by atoms with Crippen LogP contribution in [-0.2, 0) is 4.79 Å². The van der Waals surface area contributed by atoms with Crippen molar-refractivity contribution in [2.75, 3.05) is 0 Å². The van der Waals surface area contributed by atoms with E-state index < -0.39 is 5.97 Å². The molecule has 1 aliphatic heterocycles. The molecule has 50 valence electrons. The molecule has 1 unspecified atom stereocenters. The van der Waals surface area contributed by atoms with Gasteiger partial charge in [-0.25, -0.2) is 4.79 Å². The summed E-state index contributed by atoms with van der Waals surface area (Å²) < 4.78 is -0.0731. The van der Waals surface area contributed by atoms with Crippen LogP contribution in [0.1, 0.15) is 6.42 Å². The van der Waals surface area contributed by atoms with E-state index in [1.807, 2.05) is 0 Å². The first-order valence-corrected chi connectivity index (χ1v) is 3.76. The van der Waals surface area contributed by atoms with Crippen LogP contribution in [0.4, 0.5) is 0 Å². The van der Waals surface area contributed by atoms with Crippen LogP contribution in [-0.4, -0.2) is 15.8 Å². The third-order valence-electron chi connectivity index (χ3n) is 0.954. The molecule has 0 amide bonds. The zero-order valence-electron chi connectivity index (χ0n) is 4.50. The van der Waals surface area contributed by atoms with E-state index in [2.05, 4.69) is 0 Å². The van der Waals surface area contributed by atoms with E-state index >= 15 is 0 Å². The molecular weight excluding hydrogens is 160 g/mol. The van der Waals surface area contributed by atoms with Gasteiger partial charge in [-0.05, 0) is 6.42 Å². The highest BCUT2D eigenvalue weighted by molar-refractivity contribution is 8.05. The third-order valence-corrected chi connectivity index (χ3v) is 2.44. The average Bonchev–Trinajstić information content (AvgIpc) is 2.14. The number of thioether (sulfide) groups is 1. The second-order valence-electron chi connectivity index (χ2n) is 1.64. The van der Waals surface area contributed by atoms with Gasteiger partial charge in [0.2, 0.25) is 0 Å². The number of aliphatic carboxylic acids is 1. The molecule has 0 aliphatic carbocycles. The minimum absolute atomic E-state index is 0.0731. The molecule has 0 saturated heterocycles. The fourth-order valence-electron chi connectivity index (χ4n) is 0.571. The Morgan fingerprint density at radius 1 is 2.00 bits per heavy atom. The molecule has 0 bridgehead atoms. The normalized spacial score (nSPS) is 25.9. The Morgan fingerprint density at radius 3 is 2.89 bits per heavy atom. The van der Waals surface area contributed by atoms with Crippen molar-refractivity contribution in [3.63, 3.8) is 0 Å². The number of carboxylic acid groups (broad SMARTS) is 1. The lowest BCUT2D eigenvalue weighted by Crippen LogP contribution is -1.93. The molecule has 1 N–H and O–H groups in total. The number of carbonyl (C=O) groups is 1. The molecule has 1 rings (SSSR count). The van der Waals surface area contributed by atoms with E-state index in [-0.39, 0.29) is 4.71 Å². The first-order valence-electron chi connectivity index (χ1n) is 2.44. The van der Waals surface area contributed by atoms with Crippen molar-refractivity contribution < 1.29 is 9.90 Å². The Bertz CT molecular complexity index is 166. The molecule has 0 saturated carbocycles. The van der Waals surface area contributed by atoms with Gasteiger partial charge in [0.05, 0.1) is 9.61 Å². The van der Waals surface area contributed by atoms with Crippen molar-refractivity contribution in [3.8, 4) is 0 Å². The number of carboxylic acids is 1. The average molecular weight is 165 g/mol.